The molecule has 0 bridgehead atoms. The molecule has 0 unspecified atom stereocenters. The number of carbonyl (C=O) groups is 1. The number of aryl methyl sites for hydroxylation is 1. The van der Waals surface area contributed by atoms with E-state index in [1.165, 1.54) is 11.8 Å². The number of aromatic nitrogens is 2. The van der Waals surface area contributed by atoms with E-state index in [-0.39, 0.29) is 11.7 Å². The minimum Gasteiger partial charge on any atom is -0.416 e. The van der Waals surface area contributed by atoms with Gasteiger partial charge in [-0.1, -0.05) is 36.9 Å². The Morgan fingerprint density at radius 1 is 1.32 bits per heavy atom. The molecule has 2 rings (SSSR count). The van der Waals surface area contributed by atoms with Gasteiger partial charge in [-0.25, -0.2) is 0 Å². The number of hydrogen-bond donors (Lipinski definition) is 0. The molecular formula is C13H15N3O2S. The number of amides is 1. The van der Waals surface area contributed by atoms with Crippen LogP contribution in [0.15, 0.2) is 40.0 Å². The predicted octanol–water partition coefficient (Wildman–Crippen LogP) is 2.39. The standard InChI is InChI=1S/C13H15N3O2S/c1-3-11-14-15-13(18-11)19-9-12(17)16(2)10-7-5-4-6-8-10/h4-8H,3,9H2,1-2H3. The van der Waals surface area contributed by atoms with E-state index in [9.17, 15) is 4.79 Å². The van der Waals surface area contributed by atoms with Crippen LogP contribution < -0.4 is 4.90 Å². The van der Waals surface area contributed by atoms with Crippen LogP contribution in [-0.4, -0.2) is 28.9 Å². The van der Waals surface area contributed by atoms with E-state index in [4.69, 9.17) is 4.42 Å². The summed E-state index contributed by atoms with van der Waals surface area (Å²) in [4.78, 5) is 13.6. The Balaban J connectivity index is 1.91. The van der Waals surface area contributed by atoms with Crippen LogP contribution in [0, 0.1) is 0 Å². The third kappa shape index (κ3) is 3.57. The summed E-state index contributed by atoms with van der Waals surface area (Å²) in [5, 5.41) is 8.16. The molecular weight excluding hydrogens is 262 g/mol. The molecule has 0 radical (unpaired) electrons. The van der Waals surface area contributed by atoms with Gasteiger partial charge in [0.05, 0.1) is 5.75 Å². The zero-order chi connectivity index (χ0) is 13.7. The molecule has 0 aliphatic heterocycles. The Labute approximate surface area is 116 Å². The summed E-state index contributed by atoms with van der Waals surface area (Å²) in [7, 11) is 1.75. The molecule has 0 saturated carbocycles. The molecule has 1 aromatic heterocycles. The van der Waals surface area contributed by atoms with Gasteiger partial charge >= 0.3 is 0 Å². The monoisotopic (exact) mass is 277 g/mol. The van der Waals surface area contributed by atoms with E-state index in [1.54, 1.807) is 11.9 Å². The van der Waals surface area contributed by atoms with Crippen LogP contribution in [0.3, 0.4) is 0 Å². The fraction of sp³-hybridized carbons (Fsp3) is 0.308. The van der Waals surface area contributed by atoms with Gasteiger partial charge in [-0.3, -0.25) is 4.79 Å². The third-order valence-electron chi connectivity index (χ3n) is 2.59. The van der Waals surface area contributed by atoms with Crippen molar-refractivity contribution in [1.82, 2.24) is 10.2 Å². The Morgan fingerprint density at radius 3 is 2.68 bits per heavy atom. The van der Waals surface area contributed by atoms with E-state index in [0.717, 1.165) is 5.69 Å². The number of hydrogen-bond acceptors (Lipinski definition) is 5. The second-order valence-corrected chi connectivity index (χ2v) is 4.82. The van der Waals surface area contributed by atoms with Gasteiger partial charge in [0.25, 0.3) is 5.22 Å². The van der Waals surface area contributed by atoms with Crippen LogP contribution in [-0.2, 0) is 11.2 Å². The number of thioether (sulfide) groups is 1. The molecule has 0 aliphatic carbocycles. The van der Waals surface area contributed by atoms with Crippen molar-refractivity contribution in [2.75, 3.05) is 17.7 Å². The average molecular weight is 277 g/mol. The van der Waals surface area contributed by atoms with Gasteiger partial charge in [-0.2, -0.15) is 0 Å². The highest BCUT2D eigenvalue weighted by Gasteiger charge is 2.13. The largest absolute Gasteiger partial charge is 0.416 e. The maximum Gasteiger partial charge on any atom is 0.277 e. The second kappa shape index (κ2) is 6.38. The predicted molar refractivity (Wildman–Crippen MR) is 74.3 cm³/mol. The number of anilines is 1. The SMILES string of the molecule is CCc1nnc(SCC(=O)N(C)c2ccccc2)o1. The van der Waals surface area contributed by atoms with Crippen molar-refractivity contribution in [3.63, 3.8) is 0 Å². The minimum atomic E-state index is -0.00699. The fourth-order valence-corrected chi connectivity index (χ4v) is 2.15. The van der Waals surface area contributed by atoms with Crippen molar-refractivity contribution in [2.24, 2.45) is 0 Å². The van der Waals surface area contributed by atoms with Crippen LogP contribution in [0.2, 0.25) is 0 Å². The van der Waals surface area contributed by atoms with Crippen molar-refractivity contribution in [1.29, 1.82) is 0 Å². The van der Waals surface area contributed by atoms with Gasteiger partial charge in [0, 0.05) is 19.2 Å². The topological polar surface area (TPSA) is 59.2 Å². The lowest BCUT2D eigenvalue weighted by Crippen LogP contribution is -2.27. The van der Waals surface area contributed by atoms with Gasteiger partial charge in [-0.15, -0.1) is 10.2 Å². The molecule has 1 heterocycles. The number of carbonyl (C=O) groups excluding carboxylic acids is 1. The van der Waals surface area contributed by atoms with Crippen molar-refractivity contribution in [3.05, 3.63) is 36.2 Å². The van der Waals surface area contributed by atoms with Crippen molar-refractivity contribution < 1.29 is 9.21 Å². The molecule has 0 N–H and O–H groups in total. The van der Waals surface area contributed by atoms with Gasteiger partial charge in [0.15, 0.2) is 0 Å². The summed E-state index contributed by atoms with van der Waals surface area (Å²) in [5.41, 5.74) is 0.868. The number of rotatable bonds is 5. The molecule has 1 aromatic carbocycles. The summed E-state index contributed by atoms with van der Waals surface area (Å²) in [5.74, 6) is 0.857. The molecule has 0 fully saturated rings. The van der Waals surface area contributed by atoms with Gasteiger partial charge in [0.2, 0.25) is 11.8 Å². The third-order valence-corrected chi connectivity index (χ3v) is 3.39. The Bertz CT molecular complexity index is 542. The molecule has 5 nitrogen and oxygen atoms in total. The Hall–Kier alpha value is -1.82. The first-order chi connectivity index (χ1) is 9.20. The Morgan fingerprint density at radius 2 is 2.05 bits per heavy atom. The summed E-state index contributed by atoms with van der Waals surface area (Å²) in [6, 6.07) is 9.51. The summed E-state index contributed by atoms with van der Waals surface area (Å²) in [6.45, 7) is 1.94. The molecule has 0 saturated heterocycles. The first kappa shape index (κ1) is 13.6. The van der Waals surface area contributed by atoms with Gasteiger partial charge < -0.3 is 9.32 Å². The highest BCUT2D eigenvalue weighted by molar-refractivity contribution is 7.99. The molecule has 100 valence electrons. The zero-order valence-electron chi connectivity index (χ0n) is 10.9. The quantitative estimate of drug-likeness (QED) is 0.785. The molecule has 0 aliphatic rings. The van der Waals surface area contributed by atoms with E-state index in [2.05, 4.69) is 10.2 Å². The molecule has 19 heavy (non-hydrogen) atoms. The lowest BCUT2D eigenvalue weighted by atomic mass is 10.3. The van der Waals surface area contributed by atoms with Crippen LogP contribution in [0.4, 0.5) is 5.69 Å². The molecule has 1 amide bonds. The number of para-hydroxylation sites is 1. The van der Waals surface area contributed by atoms with Gasteiger partial charge in [-0.05, 0) is 12.1 Å². The van der Waals surface area contributed by atoms with Crippen LogP contribution in [0.1, 0.15) is 12.8 Å². The maximum absolute atomic E-state index is 12.0. The van der Waals surface area contributed by atoms with Crippen LogP contribution in [0.5, 0.6) is 0 Å². The normalized spacial score (nSPS) is 10.4. The smallest absolute Gasteiger partial charge is 0.277 e. The first-order valence-electron chi connectivity index (χ1n) is 5.97. The van der Waals surface area contributed by atoms with Crippen LogP contribution in [0.25, 0.3) is 0 Å². The minimum absolute atomic E-state index is 0.00699. The lowest BCUT2D eigenvalue weighted by Gasteiger charge is -2.16. The van der Waals surface area contributed by atoms with Crippen molar-refractivity contribution in [2.45, 2.75) is 18.6 Å². The zero-order valence-corrected chi connectivity index (χ0v) is 11.7. The van der Waals surface area contributed by atoms with E-state index in [1.807, 2.05) is 37.3 Å². The van der Waals surface area contributed by atoms with E-state index < -0.39 is 0 Å². The molecule has 0 spiro atoms. The fourth-order valence-electron chi connectivity index (χ4n) is 1.46. The molecule has 0 atom stereocenters. The number of benzene rings is 1. The Kier molecular flexibility index (Phi) is 4.57. The molecule has 2 aromatic rings. The first-order valence-corrected chi connectivity index (χ1v) is 6.96. The van der Waals surface area contributed by atoms with Crippen molar-refractivity contribution in [3.8, 4) is 0 Å². The van der Waals surface area contributed by atoms with Crippen molar-refractivity contribution >= 4 is 23.4 Å². The summed E-state index contributed by atoms with van der Waals surface area (Å²) < 4.78 is 5.34. The van der Waals surface area contributed by atoms with E-state index >= 15 is 0 Å². The highest BCUT2D eigenvalue weighted by atomic mass is 32.2. The maximum atomic E-state index is 12.0. The van der Waals surface area contributed by atoms with E-state index in [0.29, 0.717) is 17.5 Å². The summed E-state index contributed by atoms with van der Waals surface area (Å²) in [6.07, 6.45) is 0.700. The van der Waals surface area contributed by atoms with Crippen LogP contribution >= 0.6 is 11.8 Å². The second-order valence-electron chi connectivity index (χ2n) is 3.89. The molecule has 6 heteroatoms. The summed E-state index contributed by atoms with van der Waals surface area (Å²) >= 11 is 1.26. The lowest BCUT2D eigenvalue weighted by molar-refractivity contribution is -0.115. The average Bonchev–Trinajstić information content (AvgIpc) is 2.93. The highest BCUT2D eigenvalue weighted by Crippen LogP contribution is 2.18. The van der Waals surface area contributed by atoms with Gasteiger partial charge in [0.1, 0.15) is 0 Å². The number of nitrogens with zero attached hydrogens (tertiary/aromatic N) is 3.